The number of hydrogen-bond acceptors (Lipinski definition) is 11. The Balaban J connectivity index is 0.00000605. The van der Waals surface area contributed by atoms with Crippen LogP contribution in [0.25, 0.3) is 10.9 Å². The van der Waals surface area contributed by atoms with E-state index in [4.69, 9.17) is 16.3 Å². The predicted molar refractivity (Wildman–Crippen MR) is 209 cm³/mol. The van der Waals surface area contributed by atoms with Crippen molar-refractivity contribution in [2.24, 2.45) is 5.41 Å². The fraction of sp³-hybridized carbons (Fsp3) is 0.541. The molecule has 3 atom stereocenters. The lowest BCUT2D eigenvalue weighted by Gasteiger charge is -2.38. The van der Waals surface area contributed by atoms with Gasteiger partial charge in [0.05, 0.1) is 35.4 Å². The van der Waals surface area contributed by atoms with Crippen LogP contribution in [-0.4, -0.2) is 104 Å². The third-order valence-corrected chi connectivity index (χ3v) is 10.4. The van der Waals surface area contributed by atoms with Gasteiger partial charge in [-0.25, -0.2) is 9.97 Å². The average molecular weight is 759 g/mol. The first-order valence-corrected chi connectivity index (χ1v) is 18.1. The molecular formula is C37H53Cl2N9O4. The van der Waals surface area contributed by atoms with Gasteiger partial charge in [-0.2, -0.15) is 0 Å². The molecule has 13 nitrogen and oxygen atoms in total. The molecule has 3 amide bonds. The minimum absolute atomic E-state index is 0. The number of aromatic nitrogens is 2. The van der Waals surface area contributed by atoms with Crippen LogP contribution in [0.1, 0.15) is 53.0 Å². The van der Waals surface area contributed by atoms with Gasteiger partial charge in [-0.1, -0.05) is 25.4 Å². The molecule has 5 N–H and O–H groups in total. The number of halogens is 2. The summed E-state index contributed by atoms with van der Waals surface area (Å²) in [7, 11) is 3.25. The van der Waals surface area contributed by atoms with Gasteiger partial charge in [0.2, 0.25) is 17.7 Å². The number of nitrogens with one attached hydrogen (secondary N) is 5. The smallest absolute Gasteiger partial charge is 0.249 e. The Labute approximate surface area is 317 Å². The van der Waals surface area contributed by atoms with Gasteiger partial charge < -0.3 is 30.9 Å². The number of amides is 3. The van der Waals surface area contributed by atoms with Crippen LogP contribution in [0, 0.1) is 5.41 Å². The molecule has 0 aliphatic carbocycles. The Hall–Kier alpha value is -3.75. The SMILES string of the molecule is CN[C@@H](C)C(=O)N[C@H](C(=O)NC(=O)[C@@H]1CCCN1)C(C)(C)Cc1cc2c(Nc3ccc(N4CCN(C(C)C)CC4)c(Cl)c3)ncnc2cc1OC.Cl. The molecule has 2 aromatic carbocycles. The highest BCUT2D eigenvalue weighted by Crippen LogP contribution is 2.37. The summed E-state index contributed by atoms with van der Waals surface area (Å²) in [5.41, 5.74) is 2.35. The molecule has 2 aliphatic heterocycles. The number of methoxy groups -OCH3 is 1. The molecule has 284 valence electrons. The fourth-order valence-electron chi connectivity index (χ4n) is 6.81. The second kappa shape index (κ2) is 17.8. The first-order chi connectivity index (χ1) is 24.3. The maximum absolute atomic E-state index is 13.7. The Bertz CT molecular complexity index is 1730. The summed E-state index contributed by atoms with van der Waals surface area (Å²) in [6, 6.07) is 8.22. The maximum Gasteiger partial charge on any atom is 0.249 e. The van der Waals surface area contributed by atoms with Gasteiger partial charge in [0.1, 0.15) is 23.9 Å². The van der Waals surface area contributed by atoms with Gasteiger partial charge in [0.15, 0.2) is 0 Å². The Morgan fingerprint density at radius 2 is 1.79 bits per heavy atom. The summed E-state index contributed by atoms with van der Waals surface area (Å²) in [5, 5.41) is 16.3. The minimum atomic E-state index is -1.04. The highest BCUT2D eigenvalue weighted by Gasteiger charge is 2.39. The molecule has 5 rings (SSSR count). The molecule has 2 saturated heterocycles. The monoisotopic (exact) mass is 757 g/mol. The van der Waals surface area contributed by atoms with Crippen molar-refractivity contribution in [1.82, 2.24) is 36.1 Å². The normalized spacial score (nSPS) is 17.7. The summed E-state index contributed by atoms with van der Waals surface area (Å²) in [6.45, 7) is 14.5. The minimum Gasteiger partial charge on any atom is -0.496 e. The molecule has 0 unspecified atom stereocenters. The van der Waals surface area contributed by atoms with Crippen molar-refractivity contribution in [2.45, 2.75) is 78.0 Å². The van der Waals surface area contributed by atoms with E-state index in [0.717, 1.165) is 54.9 Å². The van der Waals surface area contributed by atoms with E-state index < -0.39 is 35.4 Å². The third-order valence-electron chi connectivity index (χ3n) is 10.1. The lowest BCUT2D eigenvalue weighted by Crippen LogP contribution is -2.59. The Morgan fingerprint density at radius 1 is 1.06 bits per heavy atom. The van der Waals surface area contributed by atoms with Gasteiger partial charge in [-0.15, -0.1) is 12.4 Å². The number of nitrogens with zero attached hydrogens (tertiary/aromatic N) is 4. The number of fused-ring (bicyclic) bond motifs is 1. The number of carbonyl (C=O) groups excluding carboxylic acids is 3. The van der Waals surface area contributed by atoms with Crippen molar-refractivity contribution in [3.63, 3.8) is 0 Å². The Morgan fingerprint density at radius 3 is 2.40 bits per heavy atom. The van der Waals surface area contributed by atoms with Crippen LogP contribution in [-0.2, 0) is 20.8 Å². The Kier molecular flexibility index (Phi) is 14.1. The van der Waals surface area contributed by atoms with Crippen LogP contribution in [0.5, 0.6) is 5.75 Å². The van der Waals surface area contributed by atoms with E-state index >= 15 is 0 Å². The van der Waals surface area contributed by atoms with Crippen molar-refractivity contribution in [3.05, 3.63) is 47.2 Å². The van der Waals surface area contributed by atoms with Crippen molar-refractivity contribution < 1.29 is 19.1 Å². The first kappa shape index (κ1) is 41.0. The number of anilines is 3. The van der Waals surface area contributed by atoms with Crippen molar-refractivity contribution >= 4 is 69.8 Å². The van der Waals surface area contributed by atoms with Gasteiger partial charge in [-0.3, -0.25) is 24.6 Å². The van der Waals surface area contributed by atoms with Gasteiger partial charge in [-0.05, 0) is 88.9 Å². The number of likely N-dealkylation sites (N-methyl/N-ethyl adjacent to an activating group) is 1. The molecule has 2 fully saturated rings. The van der Waals surface area contributed by atoms with Gasteiger partial charge in [0, 0.05) is 49.4 Å². The first-order valence-electron chi connectivity index (χ1n) is 17.7. The summed E-state index contributed by atoms with van der Waals surface area (Å²) < 4.78 is 5.81. The van der Waals surface area contributed by atoms with E-state index in [1.165, 1.54) is 6.33 Å². The molecule has 3 heterocycles. The van der Waals surface area contributed by atoms with Crippen LogP contribution >= 0.6 is 24.0 Å². The number of benzene rings is 2. The standard InChI is InChI=1S/C37H52ClN9O4.ClH/c1-22(2)46-13-15-47(16-14-46)30-11-10-25(18-27(30)38)43-33-26-17-24(31(51-7)19-29(26)41-21-42-33)20-37(4,5)32(44-34(48)23(3)39-6)36(50)45-35(49)28-9-8-12-40-28;/h10-11,17-19,21-23,28,32,39-40H,8-9,12-16,20H2,1-7H3,(H,44,48)(H,41,42,43)(H,45,49,50);1H/t23-,28-,32+;/m0./s1. The molecule has 0 radical (unpaired) electrons. The van der Waals surface area contributed by atoms with Gasteiger partial charge >= 0.3 is 0 Å². The van der Waals surface area contributed by atoms with E-state index in [0.29, 0.717) is 47.5 Å². The zero-order chi connectivity index (χ0) is 36.9. The molecule has 3 aromatic rings. The number of ether oxygens (including phenoxy) is 1. The molecule has 52 heavy (non-hydrogen) atoms. The third kappa shape index (κ3) is 9.61. The highest BCUT2D eigenvalue weighted by atomic mass is 35.5. The van der Waals surface area contributed by atoms with E-state index in [1.54, 1.807) is 21.1 Å². The number of rotatable bonds is 13. The van der Waals surface area contributed by atoms with E-state index in [1.807, 2.05) is 44.2 Å². The molecule has 0 saturated carbocycles. The number of imide groups is 1. The summed E-state index contributed by atoms with van der Waals surface area (Å²) in [4.78, 5) is 53.6. The number of piperazine rings is 1. The van der Waals surface area contributed by atoms with Crippen LogP contribution in [0.3, 0.4) is 0 Å². The van der Waals surface area contributed by atoms with E-state index in [2.05, 4.69) is 60.2 Å². The van der Waals surface area contributed by atoms with Crippen molar-refractivity contribution in [1.29, 1.82) is 0 Å². The van der Waals surface area contributed by atoms with Gasteiger partial charge in [0.25, 0.3) is 0 Å². The lowest BCUT2D eigenvalue weighted by atomic mass is 9.77. The predicted octanol–water partition coefficient (Wildman–Crippen LogP) is 4.04. The van der Waals surface area contributed by atoms with Crippen LogP contribution < -0.4 is 36.2 Å². The van der Waals surface area contributed by atoms with E-state index in [9.17, 15) is 14.4 Å². The zero-order valence-electron chi connectivity index (χ0n) is 31.1. The topological polar surface area (TPSA) is 153 Å². The second-order valence-corrected chi connectivity index (χ2v) is 14.8. The van der Waals surface area contributed by atoms with Crippen molar-refractivity contribution in [3.8, 4) is 5.75 Å². The van der Waals surface area contributed by atoms with Crippen LogP contribution in [0.4, 0.5) is 17.2 Å². The van der Waals surface area contributed by atoms with Crippen LogP contribution in [0.15, 0.2) is 36.7 Å². The second-order valence-electron chi connectivity index (χ2n) is 14.4. The van der Waals surface area contributed by atoms with E-state index in [-0.39, 0.29) is 18.3 Å². The number of carbonyl (C=O) groups is 3. The summed E-state index contributed by atoms with van der Waals surface area (Å²) in [6.07, 6.45) is 3.31. The molecule has 15 heteroatoms. The molecule has 1 aromatic heterocycles. The quantitative estimate of drug-likeness (QED) is 0.172. The zero-order valence-corrected chi connectivity index (χ0v) is 32.7. The molecule has 0 spiro atoms. The maximum atomic E-state index is 13.7. The summed E-state index contributed by atoms with van der Waals surface area (Å²) >= 11 is 6.84. The van der Waals surface area contributed by atoms with Crippen LogP contribution in [0.2, 0.25) is 5.02 Å². The van der Waals surface area contributed by atoms with Crippen molar-refractivity contribution in [2.75, 3.05) is 57.1 Å². The fourth-order valence-corrected chi connectivity index (χ4v) is 7.11. The lowest BCUT2D eigenvalue weighted by molar-refractivity contribution is -0.137. The number of hydrogen-bond donors (Lipinski definition) is 5. The summed E-state index contributed by atoms with van der Waals surface area (Å²) in [5.74, 6) is -0.165. The molecule has 2 aliphatic rings. The largest absolute Gasteiger partial charge is 0.496 e. The molecule has 0 bridgehead atoms. The molecular weight excluding hydrogens is 705 g/mol. The highest BCUT2D eigenvalue weighted by molar-refractivity contribution is 6.33. The average Bonchev–Trinajstić information content (AvgIpc) is 3.65.